The maximum Gasteiger partial charge on any atom is 0.373 e. The minimum Gasteiger partial charge on any atom is -0.497 e. The second-order valence-corrected chi connectivity index (χ2v) is 6.82. The third-order valence-corrected chi connectivity index (χ3v) is 4.92. The first-order valence-corrected chi connectivity index (χ1v) is 8.70. The number of fused-ring (bicyclic) bond motifs is 1. The quantitative estimate of drug-likeness (QED) is 0.702. The average molecular weight is 361 g/mol. The van der Waals surface area contributed by atoms with Crippen molar-refractivity contribution in [1.82, 2.24) is 0 Å². The molecule has 0 spiro atoms. The SMILES string of the molecule is COC(=O)c1cc2cc(NS(=O)(=O)c3ccc(OC)cc3)ccc2o1. The highest BCUT2D eigenvalue weighted by Crippen LogP contribution is 2.25. The minimum absolute atomic E-state index is 0.0488. The molecule has 0 aliphatic rings. The van der Waals surface area contributed by atoms with Crippen molar-refractivity contribution in [1.29, 1.82) is 0 Å². The van der Waals surface area contributed by atoms with Gasteiger partial charge in [-0.05, 0) is 48.5 Å². The molecular weight excluding hydrogens is 346 g/mol. The zero-order valence-corrected chi connectivity index (χ0v) is 14.3. The predicted molar refractivity (Wildman–Crippen MR) is 91.4 cm³/mol. The van der Waals surface area contributed by atoms with E-state index in [4.69, 9.17) is 9.15 Å². The highest BCUT2D eigenvalue weighted by molar-refractivity contribution is 7.92. The van der Waals surface area contributed by atoms with Crippen molar-refractivity contribution in [3.05, 3.63) is 54.3 Å². The Morgan fingerprint density at radius 3 is 2.40 bits per heavy atom. The van der Waals surface area contributed by atoms with Crippen molar-refractivity contribution in [2.24, 2.45) is 0 Å². The molecule has 0 amide bonds. The molecule has 7 nitrogen and oxygen atoms in total. The van der Waals surface area contributed by atoms with Gasteiger partial charge in [0.05, 0.1) is 19.1 Å². The Morgan fingerprint density at radius 1 is 1.04 bits per heavy atom. The van der Waals surface area contributed by atoms with E-state index in [0.717, 1.165) is 0 Å². The van der Waals surface area contributed by atoms with Crippen LogP contribution in [0.5, 0.6) is 5.75 Å². The van der Waals surface area contributed by atoms with Gasteiger partial charge in [-0.25, -0.2) is 13.2 Å². The van der Waals surface area contributed by atoms with Gasteiger partial charge < -0.3 is 13.9 Å². The number of rotatable bonds is 5. The normalized spacial score (nSPS) is 11.3. The number of benzene rings is 2. The van der Waals surface area contributed by atoms with Gasteiger partial charge in [-0.15, -0.1) is 0 Å². The molecule has 25 heavy (non-hydrogen) atoms. The molecule has 0 saturated carbocycles. The van der Waals surface area contributed by atoms with Gasteiger partial charge in [0.15, 0.2) is 0 Å². The second-order valence-electron chi connectivity index (χ2n) is 5.14. The van der Waals surface area contributed by atoms with Crippen LogP contribution in [0.1, 0.15) is 10.6 Å². The fourth-order valence-corrected chi connectivity index (χ4v) is 3.33. The molecule has 3 rings (SSSR count). The van der Waals surface area contributed by atoms with Gasteiger partial charge in [-0.3, -0.25) is 4.72 Å². The number of anilines is 1. The lowest BCUT2D eigenvalue weighted by Gasteiger charge is -2.08. The molecule has 0 bridgehead atoms. The summed E-state index contributed by atoms with van der Waals surface area (Å²) in [6, 6.07) is 12.2. The predicted octanol–water partition coefficient (Wildman–Crippen LogP) is 3.03. The lowest BCUT2D eigenvalue weighted by molar-refractivity contribution is 0.0567. The maximum absolute atomic E-state index is 12.4. The Hall–Kier alpha value is -3.00. The number of carbonyl (C=O) groups excluding carboxylic acids is 1. The fourth-order valence-electron chi connectivity index (χ4n) is 2.28. The number of methoxy groups -OCH3 is 2. The third-order valence-electron chi connectivity index (χ3n) is 3.52. The van der Waals surface area contributed by atoms with Gasteiger partial charge in [-0.1, -0.05) is 0 Å². The molecule has 1 heterocycles. The largest absolute Gasteiger partial charge is 0.497 e. The molecule has 1 aromatic heterocycles. The summed E-state index contributed by atoms with van der Waals surface area (Å²) in [5.41, 5.74) is 0.799. The minimum atomic E-state index is -3.75. The summed E-state index contributed by atoms with van der Waals surface area (Å²) in [4.78, 5) is 11.6. The van der Waals surface area contributed by atoms with Crippen LogP contribution >= 0.6 is 0 Å². The molecular formula is C17H15NO6S. The molecule has 130 valence electrons. The summed E-state index contributed by atoms with van der Waals surface area (Å²) in [5, 5.41) is 0.579. The van der Waals surface area contributed by atoms with E-state index in [1.54, 1.807) is 30.3 Å². The number of hydrogen-bond donors (Lipinski definition) is 1. The first kappa shape index (κ1) is 16.8. The molecule has 0 saturated heterocycles. The van der Waals surface area contributed by atoms with Crippen molar-refractivity contribution in [2.75, 3.05) is 18.9 Å². The topological polar surface area (TPSA) is 94.8 Å². The zero-order valence-electron chi connectivity index (χ0n) is 13.5. The van der Waals surface area contributed by atoms with E-state index in [1.165, 1.54) is 32.4 Å². The monoisotopic (exact) mass is 361 g/mol. The van der Waals surface area contributed by atoms with Gasteiger partial charge in [0.1, 0.15) is 11.3 Å². The highest BCUT2D eigenvalue weighted by atomic mass is 32.2. The number of esters is 1. The number of sulfonamides is 1. The summed E-state index contributed by atoms with van der Waals surface area (Å²) in [6.07, 6.45) is 0. The van der Waals surface area contributed by atoms with Crippen LogP contribution in [0.3, 0.4) is 0 Å². The van der Waals surface area contributed by atoms with Gasteiger partial charge in [0, 0.05) is 11.1 Å². The summed E-state index contributed by atoms with van der Waals surface area (Å²) in [7, 11) is -0.991. The zero-order chi connectivity index (χ0) is 18.0. The first-order chi connectivity index (χ1) is 11.9. The van der Waals surface area contributed by atoms with Crippen LogP contribution in [-0.4, -0.2) is 28.6 Å². The number of carbonyl (C=O) groups is 1. The van der Waals surface area contributed by atoms with Crippen LogP contribution in [0.25, 0.3) is 11.0 Å². The van der Waals surface area contributed by atoms with Crippen LogP contribution in [0.4, 0.5) is 5.69 Å². The smallest absolute Gasteiger partial charge is 0.373 e. The first-order valence-electron chi connectivity index (χ1n) is 7.22. The Morgan fingerprint density at radius 2 is 1.76 bits per heavy atom. The van der Waals surface area contributed by atoms with Crippen molar-refractivity contribution in [2.45, 2.75) is 4.90 Å². The van der Waals surface area contributed by atoms with E-state index in [9.17, 15) is 13.2 Å². The molecule has 0 radical (unpaired) electrons. The van der Waals surface area contributed by atoms with E-state index in [-0.39, 0.29) is 10.7 Å². The van der Waals surface area contributed by atoms with E-state index in [1.807, 2.05) is 0 Å². The molecule has 2 aromatic carbocycles. The van der Waals surface area contributed by atoms with Crippen molar-refractivity contribution in [3.8, 4) is 5.75 Å². The molecule has 1 N–H and O–H groups in total. The molecule has 8 heteroatoms. The Labute approximate surface area is 144 Å². The molecule has 3 aromatic rings. The Kier molecular flexibility index (Phi) is 4.37. The lowest BCUT2D eigenvalue weighted by atomic mass is 10.2. The molecule has 0 aliphatic heterocycles. The van der Waals surface area contributed by atoms with Crippen molar-refractivity contribution in [3.63, 3.8) is 0 Å². The Balaban J connectivity index is 1.89. The van der Waals surface area contributed by atoms with Gasteiger partial charge in [-0.2, -0.15) is 0 Å². The summed E-state index contributed by atoms with van der Waals surface area (Å²) in [5.74, 6) is 0.0123. The standard InChI is InChI=1S/C17H15NO6S/c1-22-13-4-6-14(7-5-13)25(20,21)18-12-3-8-15-11(9-12)10-16(24-15)17(19)23-2/h3-10,18H,1-2H3. The molecule has 0 unspecified atom stereocenters. The summed E-state index contributed by atoms with van der Waals surface area (Å²) >= 11 is 0. The molecule has 0 aliphatic carbocycles. The number of furan rings is 1. The molecule has 0 fully saturated rings. The lowest BCUT2D eigenvalue weighted by Crippen LogP contribution is -2.12. The van der Waals surface area contributed by atoms with E-state index < -0.39 is 16.0 Å². The molecule has 0 atom stereocenters. The third kappa shape index (κ3) is 3.43. The number of hydrogen-bond acceptors (Lipinski definition) is 6. The van der Waals surface area contributed by atoms with E-state index >= 15 is 0 Å². The van der Waals surface area contributed by atoms with Crippen LogP contribution in [0.2, 0.25) is 0 Å². The summed E-state index contributed by atoms with van der Waals surface area (Å²) < 4.78 is 42.4. The van der Waals surface area contributed by atoms with Crippen molar-refractivity contribution < 1.29 is 27.1 Å². The van der Waals surface area contributed by atoms with E-state index in [0.29, 0.717) is 22.4 Å². The summed E-state index contributed by atoms with van der Waals surface area (Å²) in [6.45, 7) is 0. The van der Waals surface area contributed by atoms with Gasteiger partial charge >= 0.3 is 5.97 Å². The number of ether oxygens (including phenoxy) is 2. The highest BCUT2D eigenvalue weighted by Gasteiger charge is 2.16. The fraction of sp³-hybridized carbons (Fsp3) is 0.118. The van der Waals surface area contributed by atoms with Crippen LogP contribution in [-0.2, 0) is 14.8 Å². The van der Waals surface area contributed by atoms with Crippen LogP contribution in [0.15, 0.2) is 57.8 Å². The van der Waals surface area contributed by atoms with Crippen LogP contribution < -0.4 is 9.46 Å². The van der Waals surface area contributed by atoms with Gasteiger partial charge in [0.25, 0.3) is 10.0 Å². The van der Waals surface area contributed by atoms with E-state index in [2.05, 4.69) is 9.46 Å². The second kappa shape index (κ2) is 6.48. The van der Waals surface area contributed by atoms with Crippen LogP contribution in [0, 0.1) is 0 Å². The average Bonchev–Trinajstić information content (AvgIpc) is 3.04. The van der Waals surface area contributed by atoms with Crippen molar-refractivity contribution >= 4 is 32.6 Å². The maximum atomic E-state index is 12.4. The number of nitrogens with one attached hydrogen (secondary N) is 1. The van der Waals surface area contributed by atoms with Gasteiger partial charge in [0.2, 0.25) is 5.76 Å². The Bertz CT molecular complexity index is 1020.